The first-order valence-electron chi connectivity index (χ1n) is 24.4. The molecule has 1 nitrogen and oxygen atoms in total. The van der Waals surface area contributed by atoms with Crippen LogP contribution < -0.4 is 4.90 Å². The normalized spacial score (nSPS) is 12.5. The molecule has 0 aromatic heterocycles. The van der Waals surface area contributed by atoms with Crippen LogP contribution in [0.3, 0.4) is 0 Å². The predicted octanol–water partition coefficient (Wildman–Crippen LogP) is 19.3. The van der Waals surface area contributed by atoms with Crippen LogP contribution in [0.15, 0.2) is 261 Å². The van der Waals surface area contributed by atoms with E-state index in [1.807, 2.05) is 0 Å². The second-order valence-electron chi connectivity index (χ2n) is 19.2. The molecule has 0 unspecified atom stereocenters. The second kappa shape index (κ2) is 16.8. The predicted molar refractivity (Wildman–Crippen MR) is 298 cm³/mol. The minimum Gasteiger partial charge on any atom is -0.311 e. The molecule has 0 aliphatic heterocycles. The van der Waals surface area contributed by atoms with Crippen LogP contribution in [0.25, 0.3) is 99.1 Å². The Labute approximate surface area is 410 Å². The highest BCUT2D eigenvalue weighted by atomic mass is 15.1. The number of nitrogens with zero attached hydrogens (tertiary/aromatic N) is 1. The molecule has 13 rings (SSSR count). The van der Waals surface area contributed by atoms with Gasteiger partial charge in [0.05, 0.1) is 0 Å². The molecule has 330 valence electrons. The van der Waals surface area contributed by atoms with Gasteiger partial charge in [0.15, 0.2) is 0 Å². The Morgan fingerprint density at radius 2 is 0.686 bits per heavy atom. The third-order valence-corrected chi connectivity index (χ3v) is 14.8. The van der Waals surface area contributed by atoms with Crippen molar-refractivity contribution in [2.24, 2.45) is 0 Å². The van der Waals surface area contributed by atoms with Gasteiger partial charge in [-0.05, 0) is 171 Å². The van der Waals surface area contributed by atoms with Crippen molar-refractivity contribution in [3.05, 3.63) is 272 Å². The van der Waals surface area contributed by atoms with Crippen molar-refractivity contribution in [3.63, 3.8) is 0 Å². The van der Waals surface area contributed by atoms with Crippen molar-refractivity contribution in [2.75, 3.05) is 4.90 Å². The highest BCUT2D eigenvalue weighted by Crippen LogP contribution is 2.52. The molecule has 0 saturated heterocycles. The van der Waals surface area contributed by atoms with Crippen LogP contribution in [0.5, 0.6) is 0 Å². The molecule has 1 aliphatic rings. The van der Waals surface area contributed by atoms with Crippen molar-refractivity contribution < 1.29 is 0 Å². The molecular weight excluding hydrogens is 843 g/mol. The summed E-state index contributed by atoms with van der Waals surface area (Å²) in [6, 6.07) is 96.3. The molecule has 0 heterocycles. The first kappa shape index (κ1) is 41.4. The summed E-state index contributed by atoms with van der Waals surface area (Å²) in [4.78, 5) is 2.34. The lowest BCUT2D eigenvalue weighted by Gasteiger charge is -2.26. The van der Waals surface area contributed by atoms with Crippen LogP contribution in [-0.2, 0) is 5.41 Å². The van der Waals surface area contributed by atoms with Crippen molar-refractivity contribution >= 4 is 49.4 Å². The summed E-state index contributed by atoms with van der Waals surface area (Å²) in [6.07, 6.45) is 0. The number of hydrogen-bond donors (Lipinski definition) is 0. The summed E-state index contributed by atoms with van der Waals surface area (Å²) >= 11 is 0. The fourth-order valence-corrected chi connectivity index (χ4v) is 11.4. The largest absolute Gasteiger partial charge is 0.311 e. The van der Waals surface area contributed by atoms with E-state index in [0.717, 1.165) is 22.6 Å². The summed E-state index contributed by atoms with van der Waals surface area (Å²) in [6.45, 7) is 4.74. The summed E-state index contributed by atoms with van der Waals surface area (Å²) in [5.74, 6) is 0. The van der Waals surface area contributed by atoms with E-state index in [9.17, 15) is 0 Å². The zero-order valence-corrected chi connectivity index (χ0v) is 39.3. The van der Waals surface area contributed by atoms with Gasteiger partial charge in [-0.1, -0.05) is 214 Å². The molecular formula is C69H49N. The van der Waals surface area contributed by atoms with E-state index in [4.69, 9.17) is 0 Å². The lowest BCUT2D eigenvalue weighted by atomic mass is 9.80. The first-order valence-corrected chi connectivity index (χ1v) is 24.4. The van der Waals surface area contributed by atoms with Crippen LogP contribution in [0, 0.1) is 0 Å². The highest BCUT2D eigenvalue weighted by Gasteiger charge is 2.35. The highest BCUT2D eigenvalue weighted by molar-refractivity contribution is 6.33. The van der Waals surface area contributed by atoms with E-state index in [1.165, 1.54) is 105 Å². The Balaban J connectivity index is 1.11. The van der Waals surface area contributed by atoms with E-state index < -0.39 is 0 Å². The van der Waals surface area contributed by atoms with Gasteiger partial charge in [-0.2, -0.15) is 0 Å². The monoisotopic (exact) mass is 891 g/mol. The molecule has 0 fully saturated rings. The fraction of sp³-hybridized carbons (Fsp3) is 0.0435. The average Bonchev–Trinajstić information content (AvgIpc) is 3.66. The molecule has 1 aliphatic carbocycles. The van der Waals surface area contributed by atoms with Gasteiger partial charge in [-0.25, -0.2) is 0 Å². The molecule has 0 radical (unpaired) electrons. The quantitative estimate of drug-likeness (QED) is 0.137. The number of fused-ring (bicyclic) bond motifs is 9. The maximum absolute atomic E-state index is 2.48. The van der Waals surface area contributed by atoms with E-state index >= 15 is 0 Å². The third kappa shape index (κ3) is 6.85. The van der Waals surface area contributed by atoms with E-state index in [-0.39, 0.29) is 5.41 Å². The molecule has 0 bridgehead atoms. The van der Waals surface area contributed by atoms with Crippen LogP contribution in [0.2, 0.25) is 0 Å². The lowest BCUT2D eigenvalue weighted by molar-refractivity contribution is 0.660. The van der Waals surface area contributed by atoms with Crippen LogP contribution >= 0.6 is 0 Å². The van der Waals surface area contributed by atoms with Gasteiger partial charge in [0, 0.05) is 22.5 Å². The minimum absolute atomic E-state index is 0.0966. The number of rotatable bonds is 8. The Morgan fingerprint density at radius 1 is 0.257 bits per heavy atom. The van der Waals surface area contributed by atoms with Gasteiger partial charge in [0.1, 0.15) is 0 Å². The van der Waals surface area contributed by atoms with Crippen molar-refractivity contribution in [3.8, 4) is 66.8 Å². The zero-order chi connectivity index (χ0) is 46.8. The van der Waals surface area contributed by atoms with Gasteiger partial charge in [-0.15, -0.1) is 0 Å². The fourth-order valence-electron chi connectivity index (χ4n) is 11.4. The minimum atomic E-state index is -0.0966. The summed E-state index contributed by atoms with van der Waals surface area (Å²) < 4.78 is 0. The first-order chi connectivity index (χ1) is 34.5. The van der Waals surface area contributed by atoms with Crippen LogP contribution in [0.1, 0.15) is 25.0 Å². The standard InChI is InChI=1S/C69H49N/c1-69(2)64-31-19-18-30-56(64)57-39-34-52(44-65(57)69)51-36-41-59-63(43-51)62-42-50(46-20-8-3-9-21-46)35-40-58(62)67-61(45-60(47-22-10-4-11-23-47)66(68(59)67)49-24-12-5-13-25-49)48-32-37-55(38-33-48)70(53-26-14-6-15-27-53)54-28-16-7-17-29-54/h3-45H,1-2H3. The van der Waals surface area contributed by atoms with Gasteiger partial charge in [0.2, 0.25) is 0 Å². The Hall–Kier alpha value is -8.78. The Bertz CT molecular complexity index is 3870. The molecule has 12 aromatic carbocycles. The van der Waals surface area contributed by atoms with Gasteiger partial charge in [0.25, 0.3) is 0 Å². The Morgan fingerprint density at radius 3 is 1.30 bits per heavy atom. The third-order valence-electron chi connectivity index (χ3n) is 14.8. The van der Waals surface area contributed by atoms with Gasteiger partial charge in [-0.3, -0.25) is 0 Å². The van der Waals surface area contributed by atoms with E-state index in [2.05, 4.69) is 280 Å². The topological polar surface area (TPSA) is 3.24 Å². The summed E-state index contributed by atoms with van der Waals surface area (Å²) in [7, 11) is 0. The average molecular weight is 892 g/mol. The maximum atomic E-state index is 2.48. The van der Waals surface area contributed by atoms with E-state index in [0.29, 0.717) is 0 Å². The number of para-hydroxylation sites is 2. The van der Waals surface area contributed by atoms with Gasteiger partial charge < -0.3 is 4.90 Å². The summed E-state index contributed by atoms with van der Waals surface area (Å²) in [5, 5.41) is 7.46. The molecule has 0 saturated carbocycles. The maximum Gasteiger partial charge on any atom is 0.0462 e. The SMILES string of the molecule is CC1(C)c2ccccc2-c2ccc(-c3ccc4c(c3)c3cc(-c5ccccc5)ccc3c3c(-c5ccc(N(c6ccccc6)c6ccccc6)cc5)cc(-c5ccccc5)c(-c5ccccc5)c43)cc21. The van der Waals surface area contributed by atoms with Crippen LogP contribution in [0.4, 0.5) is 17.1 Å². The molecule has 70 heavy (non-hydrogen) atoms. The Kier molecular flexibility index (Phi) is 9.92. The molecule has 0 atom stereocenters. The number of anilines is 3. The van der Waals surface area contributed by atoms with Gasteiger partial charge >= 0.3 is 0 Å². The zero-order valence-electron chi connectivity index (χ0n) is 39.3. The molecule has 0 N–H and O–H groups in total. The van der Waals surface area contributed by atoms with E-state index in [1.54, 1.807) is 0 Å². The number of hydrogen-bond acceptors (Lipinski definition) is 1. The number of benzene rings is 12. The smallest absolute Gasteiger partial charge is 0.0462 e. The van der Waals surface area contributed by atoms with Crippen molar-refractivity contribution in [1.82, 2.24) is 0 Å². The van der Waals surface area contributed by atoms with Crippen molar-refractivity contribution in [2.45, 2.75) is 19.3 Å². The van der Waals surface area contributed by atoms with Crippen LogP contribution in [-0.4, -0.2) is 0 Å². The molecule has 1 heteroatoms. The van der Waals surface area contributed by atoms with Crippen molar-refractivity contribution in [1.29, 1.82) is 0 Å². The summed E-state index contributed by atoms with van der Waals surface area (Å²) in [5.41, 5.74) is 20.7. The molecule has 12 aromatic rings. The lowest BCUT2D eigenvalue weighted by Crippen LogP contribution is -2.14. The molecule has 0 amide bonds. The molecule has 0 spiro atoms. The second-order valence-corrected chi connectivity index (χ2v) is 19.2.